The number of nitrogens with zero attached hydrogens (tertiary/aromatic N) is 3. The van der Waals surface area contributed by atoms with Crippen molar-refractivity contribution in [2.75, 3.05) is 13.1 Å². The molecule has 0 bridgehead atoms. The molecule has 3 rings (SSSR count). The van der Waals surface area contributed by atoms with E-state index in [4.69, 9.17) is 0 Å². The van der Waals surface area contributed by atoms with Crippen LogP contribution in [0.3, 0.4) is 0 Å². The molecule has 1 amide bonds. The second-order valence-electron chi connectivity index (χ2n) is 4.71. The lowest BCUT2D eigenvalue weighted by Crippen LogP contribution is -2.30. The first-order chi connectivity index (χ1) is 9.15. The van der Waals surface area contributed by atoms with Gasteiger partial charge >= 0.3 is 0 Å². The van der Waals surface area contributed by atoms with Gasteiger partial charge in [0, 0.05) is 30.0 Å². The van der Waals surface area contributed by atoms with E-state index >= 15 is 0 Å². The van der Waals surface area contributed by atoms with Gasteiger partial charge in [0.1, 0.15) is 12.1 Å². The molecule has 19 heavy (non-hydrogen) atoms. The van der Waals surface area contributed by atoms with Crippen LogP contribution in [0.5, 0.6) is 0 Å². The van der Waals surface area contributed by atoms with Gasteiger partial charge in [0.2, 0.25) is 5.91 Å². The van der Waals surface area contributed by atoms with Gasteiger partial charge in [-0.05, 0) is 34.8 Å². The highest BCUT2D eigenvalue weighted by molar-refractivity contribution is 9.10. The molecule has 4 nitrogen and oxygen atoms in total. The molecule has 2 aromatic rings. The lowest BCUT2D eigenvalue weighted by atomic mass is 10.4. The topological polar surface area (TPSA) is 38.1 Å². The minimum Gasteiger partial charge on any atom is -0.341 e. The van der Waals surface area contributed by atoms with Gasteiger partial charge in [-0.15, -0.1) is 0 Å². The predicted octanol–water partition coefficient (Wildman–Crippen LogP) is 2.56. The first kappa shape index (κ1) is 12.6. The predicted molar refractivity (Wildman–Crippen MR) is 73.2 cm³/mol. The zero-order chi connectivity index (χ0) is 13.4. The second kappa shape index (κ2) is 4.92. The van der Waals surface area contributed by atoms with Gasteiger partial charge in [0.25, 0.3) is 0 Å². The minimum absolute atomic E-state index is 0.0365. The fraction of sp³-hybridized carbons (Fsp3) is 0.385. The molecule has 0 aromatic carbocycles. The molecule has 0 aliphatic carbocycles. The van der Waals surface area contributed by atoms with Crippen molar-refractivity contribution in [2.45, 2.75) is 19.4 Å². The Labute approximate surface area is 118 Å². The average molecular weight is 326 g/mol. The second-order valence-corrected chi connectivity index (χ2v) is 5.63. The van der Waals surface area contributed by atoms with E-state index in [1.807, 2.05) is 4.90 Å². The lowest BCUT2D eigenvalue weighted by molar-refractivity contribution is -0.130. The van der Waals surface area contributed by atoms with Crippen LogP contribution in [0.15, 0.2) is 22.9 Å². The molecule has 1 aliphatic rings. The third-order valence-corrected chi connectivity index (χ3v) is 3.84. The standard InChI is InChI=1S/C13H13BrFN3O/c14-9-5-11-13(16-6-9)10(15)7-18(11)8-12(19)17-3-1-2-4-17/h5-7H,1-4,8H2. The van der Waals surface area contributed by atoms with Crippen molar-refractivity contribution in [3.05, 3.63) is 28.7 Å². The van der Waals surface area contributed by atoms with Crippen LogP contribution >= 0.6 is 15.9 Å². The fourth-order valence-electron chi connectivity index (χ4n) is 2.44. The first-order valence-electron chi connectivity index (χ1n) is 6.23. The summed E-state index contributed by atoms with van der Waals surface area (Å²) in [5, 5.41) is 0. The number of amides is 1. The van der Waals surface area contributed by atoms with E-state index in [9.17, 15) is 9.18 Å². The number of fused-ring (bicyclic) bond motifs is 1. The number of pyridine rings is 1. The van der Waals surface area contributed by atoms with Crippen molar-refractivity contribution in [3.63, 3.8) is 0 Å². The number of hydrogen-bond donors (Lipinski definition) is 0. The summed E-state index contributed by atoms with van der Waals surface area (Å²) in [5.41, 5.74) is 0.942. The van der Waals surface area contributed by atoms with Crippen molar-refractivity contribution in [1.82, 2.24) is 14.5 Å². The van der Waals surface area contributed by atoms with Crippen molar-refractivity contribution in [2.24, 2.45) is 0 Å². The van der Waals surface area contributed by atoms with E-state index in [0.29, 0.717) is 11.0 Å². The van der Waals surface area contributed by atoms with E-state index in [1.165, 1.54) is 6.20 Å². The molecule has 0 unspecified atom stereocenters. The summed E-state index contributed by atoms with van der Waals surface area (Å²) in [6.45, 7) is 1.78. The monoisotopic (exact) mass is 325 g/mol. The van der Waals surface area contributed by atoms with E-state index in [-0.39, 0.29) is 12.5 Å². The van der Waals surface area contributed by atoms with Crippen LogP contribution in [0.2, 0.25) is 0 Å². The number of rotatable bonds is 2. The largest absolute Gasteiger partial charge is 0.341 e. The van der Waals surface area contributed by atoms with Crippen LogP contribution in [0, 0.1) is 5.82 Å². The Morgan fingerprint density at radius 1 is 1.42 bits per heavy atom. The highest BCUT2D eigenvalue weighted by atomic mass is 79.9. The number of hydrogen-bond acceptors (Lipinski definition) is 2. The van der Waals surface area contributed by atoms with E-state index in [1.54, 1.807) is 16.8 Å². The Balaban J connectivity index is 1.92. The average Bonchev–Trinajstić information content (AvgIpc) is 2.99. The number of carbonyl (C=O) groups excluding carboxylic acids is 1. The lowest BCUT2D eigenvalue weighted by Gasteiger charge is -2.15. The molecule has 2 aromatic heterocycles. The Hall–Kier alpha value is -1.43. The molecule has 0 spiro atoms. The minimum atomic E-state index is -0.392. The zero-order valence-corrected chi connectivity index (χ0v) is 11.9. The first-order valence-corrected chi connectivity index (χ1v) is 7.02. The summed E-state index contributed by atoms with van der Waals surface area (Å²) in [5.74, 6) is -0.355. The van der Waals surface area contributed by atoms with Gasteiger partial charge < -0.3 is 9.47 Å². The molecule has 100 valence electrons. The highest BCUT2D eigenvalue weighted by Crippen LogP contribution is 2.22. The summed E-state index contributed by atoms with van der Waals surface area (Å²) in [4.78, 5) is 18.0. The van der Waals surface area contributed by atoms with Crippen LogP contribution in [-0.4, -0.2) is 33.4 Å². The highest BCUT2D eigenvalue weighted by Gasteiger charge is 2.19. The Bertz CT molecular complexity index is 634. The Kier molecular flexibility index (Phi) is 3.26. The van der Waals surface area contributed by atoms with Gasteiger partial charge in [-0.1, -0.05) is 0 Å². The molecule has 6 heteroatoms. The van der Waals surface area contributed by atoms with Crippen LogP contribution in [0.1, 0.15) is 12.8 Å². The van der Waals surface area contributed by atoms with Gasteiger partial charge in [-0.3, -0.25) is 9.78 Å². The molecular formula is C13H13BrFN3O. The molecule has 0 N–H and O–H groups in total. The van der Waals surface area contributed by atoms with Gasteiger partial charge in [0.05, 0.1) is 5.52 Å². The number of likely N-dealkylation sites (tertiary alicyclic amines) is 1. The maximum absolute atomic E-state index is 13.7. The van der Waals surface area contributed by atoms with Gasteiger partial charge in [0.15, 0.2) is 5.82 Å². The molecule has 0 atom stereocenters. The Morgan fingerprint density at radius 3 is 2.89 bits per heavy atom. The van der Waals surface area contributed by atoms with Crippen LogP contribution in [-0.2, 0) is 11.3 Å². The van der Waals surface area contributed by atoms with Crippen molar-refractivity contribution in [1.29, 1.82) is 0 Å². The summed E-state index contributed by atoms with van der Waals surface area (Å²) >= 11 is 3.31. The Morgan fingerprint density at radius 2 is 2.16 bits per heavy atom. The summed E-state index contributed by atoms with van der Waals surface area (Å²) < 4.78 is 16.1. The summed E-state index contributed by atoms with van der Waals surface area (Å²) in [7, 11) is 0. The zero-order valence-electron chi connectivity index (χ0n) is 10.3. The summed E-state index contributed by atoms with van der Waals surface area (Å²) in [6, 6.07) is 1.78. The van der Waals surface area contributed by atoms with E-state index in [2.05, 4.69) is 20.9 Å². The molecule has 3 heterocycles. The molecular weight excluding hydrogens is 313 g/mol. The molecule has 0 saturated carbocycles. The fourth-order valence-corrected chi connectivity index (χ4v) is 2.76. The summed E-state index contributed by atoms with van der Waals surface area (Å²) in [6.07, 6.45) is 5.01. The molecule has 1 saturated heterocycles. The molecule has 1 fully saturated rings. The third kappa shape index (κ3) is 2.36. The van der Waals surface area contributed by atoms with E-state index in [0.717, 1.165) is 30.4 Å². The quantitative estimate of drug-likeness (QED) is 0.851. The SMILES string of the molecule is O=C(Cn1cc(F)c2ncc(Br)cc21)N1CCCC1. The van der Waals surface area contributed by atoms with E-state index < -0.39 is 5.82 Å². The number of aromatic nitrogens is 2. The van der Waals surface area contributed by atoms with Crippen LogP contribution in [0.4, 0.5) is 4.39 Å². The van der Waals surface area contributed by atoms with Crippen molar-refractivity contribution in [3.8, 4) is 0 Å². The number of carbonyl (C=O) groups is 1. The maximum Gasteiger partial charge on any atom is 0.242 e. The van der Waals surface area contributed by atoms with Gasteiger partial charge in [-0.2, -0.15) is 0 Å². The molecule has 0 radical (unpaired) electrons. The number of halogens is 2. The van der Waals surface area contributed by atoms with Crippen molar-refractivity contribution < 1.29 is 9.18 Å². The molecule has 1 aliphatic heterocycles. The maximum atomic E-state index is 13.7. The van der Waals surface area contributed by atoms with Crippen LogP contribution < -0.4 is 0 Å². The van der Waals surface area contributed by atoms with Crippen molar-refractivity contribution >= 4 is 32.9 Å². The third-order valence-electron chi connectivity index (χ3n) is 3.40. The van der Waals surface area contributed by atoms with Crippen LogP contribution in [0.25, 0.3) is 11.0 Å². The smallest absolute Gasteiger partial charge is 0.242 e. The van der Waals surface area contributed by atoms with Gasteiger partial charge in [-0.25, -0.2) is 4.39 Å². The normalized spacial score (nSPS) is 15.4.